The van der Waals surface area contributed by atoms with Crippen LogP contribution in [0.1, 0.15) is 37.8 Å². The molecular weight excluding hydrogens is 330 g/mol. The van der Waals surface area contributed by atoms with Gasteiger partial charge in [0.05, 0.1) is 14.2 Å². The fourth-order valence-corrected chi connectivity index (χ4v) is 4.63. The molecule has 3 rings (SSSR count). The van der Waals surface area contributed by atoms with Crippen molar-refractivity contribution in [2.75, 3.05) is 20.8 Å². The Morgan fingerprint density at radius 3 is 2.48 bits per heavy atom. The lowest BCUT2D eigenvalue weighted by molar-refractivity contribution is 0.327. The molecule has 1 N–H and O–H groups in total. The lowest BCUT2D eigenvalue weighted by Crippen LogP contribution is -2.28. The zero-order valence-corrected chi connectivity index (χ0v) is 14.6. The molecule has 0 radical (unpaired) electrons. The van der Waals surface area contributed by atoms with E-state index in [0.717, 1.165) is 40.3 Å². The van der Waals surface area contributed by atoms with Gasteiger partial charge in [0.2, 0.25) is 0 Å². The highest BCUT2D eigenvalue weighted by Crippen LogP contribution is 2.58. The van der Waals surface area contributed by atoms with Crippen LogP contribution in [0.25, 0.3) is 0 Å². The molecular formula is C17H24BrNO2. The van der Waals surface area contributed by atoms with Crippen molar-refractivity contribution in [3.63, 3.8) is 0 Å². The van der Waals surface area contributed by atoms with Crippen molar-refractivity contribution in [3.05, 3.63) is 22.2 Å². The minimum absolute atomic E-state index is 0.375. The molecule has 0 saturated heterocycles. The van der Waals surface area contributed by atoms with Crippen LogP contribution in [0.3, 0.4) is 0 Å². The van der Waals surface area contributed by atoms with E-state index in [0.29, 0.717) is 6.04 Å². The number of benzene rings is 1. The third-order valence-corrected chi connectivity index (χ3v) is 5.78. The molecule has 0 heterocycles. The van der Waals surface area contributed by atoms with Gasteiger partial charge in [0.1, 0.15) is 16.0 Å². The van der Waals surface area contributed by atoms with E-state index in [1.165, 1.54) is 24.8 Å². The molecule has 0 aromatic heterocycles. The van der Waals surface area contributed by atoms with E-state index in [-0.39, 0.29) is 0 Å². The second-order valence-corrected chi connectivity index (χ2v) is 7.02. The maximum Gasteiger partial charge on any atom is 0.141 e. The summed E-state index contributed by atoms with van der Waals surface area (Å²) in [5, 5.41) is 3.68. The molecule has 116 valence electrons. The van der Waals surface area contributed by atoms with Gasteiger partial charge in [-0.25, -0.2) is 0 Å². The number of hydrogen-bond acceptors (Lipinski definition) is 3. The first-order valence-electron chi connectivity index (χ1n) is 7.83. The summed E-state index contributed by atoms with van der Waals surface area (Å²) in [7, 11) is 3.42. The van der Waals surface area contributed by atoms with E-state index in [4.69, 9.17) is 9.47 Å². The minimum atomic E-state index is 0.375. The smallest absolute Gasteiger partial charge is 0.141 e. The molecule has 0 aliphatic heterocycles. The maximum atomic E-state index is 5.68. The Morgan fingerprint density at radius 2 is 1.90 bits per heavy atom. The Balaban J connectivity index is 1.92. The molecule has 1 aromatic carbocycles. The summed E-state index contributed by atoms with van der Waals surface area (Å²) in [6.07, 6.45) is 4.17. The van der Waals surface area contributed by atoms with Gasteiger partial charge in [-0.3, -0.25) is 0 Å². The fraction of sp³-hybridized carbons (Fsp3) is 0.647. The normalized spacial score (nSPS) is 28.1. The van der Waals surface area contributed by atoms with E-state index >= 15 is 0 Å². The van der Waals surface area contributed by atoms with E-state index in [1.54, 1.807) is 14.2 Å². The first kappa shape index (κ1) is 15.2. The predicted molar refractivity (Wildman–Crippen MR) is 88.0 cm³/mol. The van der Waals surface area contributed by atoms with Gasteiger partial charge < -0.3 is 14.8 Å². The summed E-state index contributed by atoms with van der Waals surface area (Å²) in [4.78, 5) is 0. The number of fused-ring (bicyclic) bond motifs is 1. The molecule has 3 atom stereocenters. The molecule has 0 amide bonds. The van der Waals surface area contributed by atoms with Gasteiger partial charge in [-0.05, 0) is 71.6 Å². The lowest BCUT2D eigenvalue weighted by atomic mass is 9.88. The molecule has 4 heteroatoms. The third kappa shape index (κ3) is 2.80. The van der Waals surface area contributed by atoms with Crippen molar-refractivity contribution in [2.45, 2.75) is 32.2 Å². The summed E-state index contributed by atoms with van der Waals surface area (Å²) >= 11 is 3.62. The molecule has 0 spiro atoms. The monoisotopic (exact) mass is 353 g/mol. The average molecular weight is 354 g/mol. The maximum absolute atomic E-state index is 5.68. The highest BCUT2D eigenvalue weighted by molar-refractivity contribution is 9.10. The topological polar surface area (TPSA) is 30.5 Å². The summed E-state index contributed by atoms with van der Waals surface area (Å²) < 4.78 is 12.0. The summed E-state index contributed by atoms with van der Waals surface area (Å²) in [6, 6.07) is 4.56. The van der Waals surface area contributed by atoms with Crippen molar-refractivity contribution in [2.24, 2.45) is 17.8 Å². The Kier molecular flexibility index (Phi) is 4.46. The minimum Gasteiger partial charge on any atom is -0.495 e. The molecule has 2 aliphatic carbocycles. The number of methoxy groups -OCH3 is 2. The van der Waals surface area contributed by atoms with Crippen molar-refractivity contribution in [1.82, 2.24) is 5.32 Å². The van der Waals surface area contributed by atoms with Crippen LogP contribution in [-0.4, -0.2) is 20.8 Å². The van der Waals surface area contributed by atoms with Gasteiger partial charge in [-0.2, -0.15) is 0 Å². The Hall–Kier alpha value is -0.740. The molecule has 2 saturated carbocycles. The van der Waals surface area contributed by atoms with Gasteiger partial charge in [-0.1, -0.05) is 6.92 Å². The molecule has 2 aliphatic rings. The van der Waals surface area contributed by atoms with Crippen LogP contribution in [0.4, 0.5) is 0 Å². The molecule has 1 aromatic rings. The SMILES string of the molecule is CCNC(c1ccc(OC)c(Br)c1OC)C1CC2CC2C1. The van der Waals surface area contributed by atoms with Crippen LogP contribution in [0.15, 0.2) is 16.6 Å². The molecule has 21 heavy (non-hydrogen) atoms. The van der Waals surface area contributed by atoms with Crippen LogP contribution in [-0.2, 0) is 0 Å². The van der Waals surface area contributed by atoms with Crippen molar-refractivity contribution < 1.29 is 9.47 Å². The standard InChI is InChI=1S/C17H24BrNO2/c1-4-19-16(12-8-10-7-11(10)9-12)13-5-6-14(20-2)15(18)17(13)21-3/h5-6,10-12,16,19H,4,7-9H2,1-3H3. The summed E-state index contributed by atoms with van der Waals surface area (Å²) in [5.41, 5.74) is 1.25. The fourth-order valence-electron chi connectivity index (χ4n) is 3.95. The Bertz CT molecular complexity index is 510. The van der Waals surface area contributed by atoms with Crippen molar-refractivity contribution in [3.8, 4) is 11.5 Å². The number of hydrogen-bond donors (Lipinski definition) is 1. The van der Waals surface area contributed by atoms with E-state index in [1.807, 2.05) is 6.07 Å². The molecule has 3 nitrogen and oxygen atoms in total. The Morgan fingerprint density at radius 1 is 1.19 bits per heavy atom. The third-order valence-electron chi connectivity index (χ3n) is 5.03. The molecule has 3 unspecified atom stereocenters. The van der Waals surface area contributed by atoms with Crippen LogP contribution >= 0.6 is 15.9 Å². The van der Waals surface area contributed by atoms with Gasteiger partial charge in [0.15, 0.2) is 0 Å². The van der Waals surface area contributed by atoms with Crippen molar-refractivity contribution >= 4 is 15.9 Å². The van der Waals surface area contributed by atoms with Crippen LogP contribution < -0.4 is 14.8 Å². The van der Waals surface area contributed by atoms with Crippen LogP contribution in [0.5, 0.6) is 11.5 Å². The Labute approximate surface area is 135 Å². The zero-order chi connectivity index (χ0) is 15.0. The van der Waals surface area contributed by atoms with Crippen molar-refractivity contribution in [1.29, 1.82) is 0 Å². The molecule has 2 fully saturated rings. The molecule has 0 bridgehead atoms. The first-order valence-corrected chi connectivity index (χ1v) is 8.62. The van der Waals surface area contributed by atoms with Gasteiger partial charge in [0, 0.05) is 11.6 Å². The zero-order valence-electron chi connectivity index (χ0n) is 13.0. The summed E-state index contributed by atoms with van der Waals surface area (Å²) in [6.45, 7) is 3.15. The number of nitrogens with one attached hydrogen (secondary N) is 1. The van der Waals surface area contributed by atoms with E-state index in [9.17, 15) is 0 Å². The summed E-state index contributed by atoms with van der Waals surface area (Å²) in [5.74, 6) is 4.43. The van der Waals surface area contributed by atoms with Crippen LogP contribution in [0.2, 0.25) is 0 Å². The lowest BCUT2D eigenvalue weighted by Gasteiger charge is -2.28. The second kappa shape index (κ2) is 6.17. The number of halogens is 1. The predicted octanol–water partition coefficient (Wildman–Crippen LogP) is 4.16. The van der Waals surface area contributed by atoms with E-state index < -0.39 is 0 Å². The number of rotatable bonds is 6. The highest BCUT2D eigenvalue weighted by Gasteiger charge is 2.48. The van der Waals surface area contributed by atoms with E-state index in [2.05, 4.69) is 34.2 Å². The largest absolute Gasteiger partial charge is 0.495 e. The second-order valence-electron chi connectivity index (χ2n) is 6.23. The van der Waals surface area contributed by atoms with Crippen LogP contribution in [0, 0.1) is 17.8 Å². The first-order chi connectivity index (χ1) is 10.2. The number of ether oxygens (including phenoxy) is 2. The average Bonchev–Trinajstić information content (AvgIpc) is 3.11. The van der Waals surface area contributed by atoms with Gasteiger partial charge in [-0.15, -0.1) is 0 Å². The highest BCUT2D eigenvalue weighted by atomic mass is 79.9. The van der Waals surface area contributed by atoms with Gasteiger partial charge >= 0.3 is 0 Å². The van der Waals surface area contributed by atoms with Gasteiger partial charge in [0.25, 0.3) is 0 Å². The quantitative estimate of drug-likeness (QED) is 0.832.